The molecule has 0 saturated carbocycles. The summed E-state index contributed by atoms with van der Waals surface area (Å²) < 4.78 is 9.60. The van der Waals surface area contributed by atoms with E-state index in [1.54, 1.807) is 12.1 Å². The Morgan fingerprint density at radius 3 is 1.62 bits per heavy atom. The van der Waals surface area contributed by atoms with E-state index in [9.17, 15) is 9.59 Å². The molecule has 0 N–H and O–H groups in total. The minimum atomic E-state index is -0.504. The number of methoxy groups -OCH3 is 2. The summed E-state index contributed by atoms with van der Waals surface area (Å²) in [5, 5.41) is 0. The summed E-state index contributed by atoms with van der Waals surface area (Å²) in [7, 11) is 2.62. The van der Waals surface area contributed by atoms with Crippen LogP contribution in [0.15, 0.2) is 72.8 Å². The highest BCUT2D eigenvalue weighted by atomic mass is 16.5. The summed E-state index contributed by atoms with van der Waals surface area (Å²) in [6.45, 7) is 0. The van der Waals surface area contributed by atoms with Crippen molar-refractivity contribution < 1.29 is 19.1 Å². The number of ether oxygens (including phenoxy) is 2. The van der Waals surface area contributed by atoms with Gasteiger partial charge in [-0.3, -0.25) is 0 Å². The third kappa shape index (κ3) is 3.64. The number of hydrogen-bond acceptors (Lipinski definition) is 4. The van der Waals surface area contributed by atoms with Gasteiger partial charge in [0.25, 0.3) is 0 Å². The van der Waals surface area contributed by atoms with Crippen molar-refractivity contribution in [3.63, 3.8) is 0 Å². The first-order chi connectivity index (χ1) is 12.6. The van der Waals surface area contributed by atoms with E-state index >= 15 is 0 Å². The molecule has 0 aliphatic carbocycles. The number of benzene rings is 3. The van der Waals surface area contributed by atoms with E-state index < -0.39 is 11.9 Å². The van der Waals surface area contributed by atoms with Gasteiger partial charge < -0.3 is 9.47 Å². The summed E-state index contributed by atoms with van der Waals surface area (Å²) in [5.74, 6) is -1.01. The second-order valence-corrected chi connectivity index (χ2v) is 5.73. The lowest BCUT2D eigenvalue weighted by atomic mass is 9.96. The molecule has 26 heavy (non-hydrogen) atoms. The topological polar surface area (TPSA) is 52.6 Å². The quantitative estimate of drug-likeness (QED) is 0.648. The highest BCUT2D eigenvalue weighted by Crippen LogP contribution is 2.28. The highest BCUT2D eigenvalue weighted by molar-refractivity contribution is 5.97. The zero-order valence-electron chi connectivity index (χ0n) is 14.6. The number of hydrogen-bond donors (Lipinski definition) is 0. The van der Waals surface area contributed by atoms with Gasteiger partial charge >= 0.3 is 11.9 Å². The first-order valence-electron chi connectivity index (χ1n) is 8.10. The number of carbonyl (C=O) groups excluding carboxylic acids is 2. The van der Waals surface area contributed by atoms with Gasteiger partial charge in [-0.1, -0.05) is 48.5 Å². The molecule has 0 radical (unpaired) electrons. The van der Waals surface area contributed by atoms with Crippen LogP contribution in [0.25, 0.3) is 22.3 Å². The minimum Gasteiger partial charge on any atom is -0.465 e. The Labute approximate surface area is 152 Å². The van der Waals surface area contributed by atoms with Gasteiger partial charge in [0.2, 0.25) is 0 Å². The third-order valence-corrected chi connectivity index (χ3v) is 4.08. The van der Waals surface area contributed by atoms with Crippen LogP contribution in [-0.2, 0) is 9.47 Å². The fourth-order valence-corrected chi connectivity index (χ4v) is 2.77. The number of esters is 2. The van der Waals surface area contributed by atoms with E-state index in [1.165, 1.54) is 20.3 Å². The molecule has 0 aliphatic rings. The molecule has 4 heteroatoms. The minimum absolute atomic E-state index is 0.301. The van der Waals surface area contributed by atoms with Crippen LogP contribution in [0, 0.1) is 0 Å². The molecule has 0 saturated heterocycles. The van der Waals surface area contributed by atoms with Crippen molar-refractivity contribution in [3.05, 3.63) is 83.9 Å². The Morgan fingerprint density at radius 2 is 1.08 bits per heavy atom. The molecule has 0 spiro atoms. The molecule has 0 fully saturated rings. The summed E-state index contributed by atoms with van der Waals surface area (Å²) in [5.41, 5.74) is 4.37. The lowest BCUT2D eigenvalue weighted by molar-refractivity contribution is 0.0599. The molecule has 0 amide bonds. The standard InChI is InChI=1S/C22H18O4/c1-25-21(23)19-12-18(13-20(14-19)22(24)26-2)17-10-6-9-16(11-17)15-7-4-3-5-8-15/h3-14H,1-2H3. The zero-order valence-corrected chi connectivity index (χ0v) is 14.6. The van der Waals surface area contributed by atoms with Gasteiger partial charge in [0.15, 0.2) is 0 Å². The first-order valence-corrected chi connectivity index (χ1v) is 8.10. The second kappa shape index (κ2) is 7.66. The summed E-state index contributed by atoms with van der Waals surface area (Å²) in [4.78, 5) is 23.9. The van der Waals surface area contributed by atoms with Crippen LogP contribution in [0.1, 0.15) is 20.7 Å². The van der Waals surface area contributed by atoms with Gasteiger partial charge in [0, 0.05) is 0 Å². The average Bonchev–Trinajstić information content (AvgIpc) is 2.72. The van der Waals surface area contributed by atoms with Gasteiger partial charge in [-0.15, -0.1) is 0 Å². The van der Waals surface area contributed by atoms with E-state index in [0.29, 0.717) is 11.1 Å². The van der Waals surface area contributed by atoms with Crippen LogP contribution in [0.3, 0.4) is 0 Å². The van der Waals surface area contributed by atoms with Crippen molar-refractivity contribution in [1.82, 2.24) is 0 Å². The van der Waals surface area contributed by atoms with E-state index in [-0.39, 0.29) is 0 Å². The lowest BCUT2D eigenvalue weighted by Crippen LogP contribution is -2.07. The monoisotopic (exact) mass is 346 g/mol. The summed E-state index contributed by atoms with van der Waals surface area (Å²) >= 11 is 0. The lowest BCUT2D eigenvalue weighted by Gasteiger charge is -2.10. The molecule has 130 valence electrons. The molecule has 0 unspecified atom stereocenters. The van der Waals surface area contributed by atoms with Crippen molar-refractivity contribution in [3.8, 4) is 22.3 Å². The average molecular weight is 346 g/mol. The maximum absolute atomic E-state index is 12.0. The van der Waals surface area contributed by atoms with Gasteiger partial charge in [0.1, 0.15) is 0 Å². The fourth-order valence-electron chi connectivity index (χ4n) is 2.77. The molecular formula is C22H18O4. The molecule has 3 aromatic rings. The molecule has 3 aromatic carbocycles. The van der Waals surface area contributed by atoms with Crippen molar-refractivity contribution in [1.29, 1.82) is 0 Å². The molecule has 0 aromatic heterocycles. The largest absolute Gasteiger partial charge is 0.465 e. The Kier molecular flexibility index (Phi) is 5.13. The fraction of sp³-hybridized carbons (Fsp3) is 0.0909. The Morgan fingerprint density at radius 1 is 0.577 bits per heavy atom. The van der Waals surface area contributed by atoms with Crippen molar-refractivity contribution in [2.75, 3.05) is 14.2 Å². The summed E-state index contributed by atoms with van der Waals surface area (Å²) in [6, 6.07) is 22.8. The van der Waals surface area contributed by atoms with Crippen LogP contribution in [0.5, 0.6) is 0 Å². The molecule has 0 aliphatic heterocycles. The van der Waals surface area contributed by atoms with E-state index in [4.69, 9.17) is 9.47 Å². The van der Waals surface area contributed by atoms with Crippen molar-refractivity contribution in [2.45, 2.75) is 0 Å². The SMILES string of the molecule is COC(=O)c1cc(C(=O)OC)cc(-c2cccc(-c3ccccc3)c2)c1. The molecule has 0 atom stereocenters. The van der Waals surface area contributed by atoms with Crippen LogP contribution in [0.4, 0.5) is 0 Å². The Balaban J connectivity index is 2.11. The van der Waals surface area contributed by atoms with Crippen LogP contribution >= 0.6 is 0 Å². The molecule has 0 heterocycles. The van der Waals surface area contributed by atoms with Crippen molar-refractivity contribution in [2.24, 2.45) is 0 Å². The third-order valence-electron chi connectivity index (χ3n) is 4.08. The Hall–Kier alpha value is -3.40. The predicted molar refractivity (Wildman–Crippen MR) is 100.0 cm³/mol. The van der Waals surface area contributed by atoms with Gasteiger partial charge in [-0.05, 0) is 46.5 Å². The van der Waals surface area contributed by atoms with Crippen LogP contribution < -0.4 is 0 Å². The van der Waals surface area contributed by atoms with Gasteiger partial charge in [-0.25, -0.2) is 9.59 Å². The molecular weight excluding hydrogens is 328 g/mol. The van der Waals surface area contributed by atoms with E-state index in [0.717, 1.165) is 22.3 Å². The van der Waals surface area contributed by atoms with Crippen molar-refractivity contribution >= 4 is 11.9 Å². The molecule has 3 rings (SSSR count). The van der Waals surface area contributed by atoms with Crippen LogP contribution in [-0.4, -0.2) is 26.2 Å². The maximum atomic E-state index is 12.0. The molecule has 4 nitrogen and oxygen atoms in total. The Bertz CT molecular complexity index is 911. The smallest absolute Gasteiger partial charge is 0.337 e. The second-order valence-electron chi connectivity index (χ2n) is 5.73. The van der Waals surface area contributed by atoms with Gasteiger partial charge in [-0.2, -0.15) is 0 Å². The predicted octanol–water partition coefficient (Wildman–Crippen LogP) is 4.59. The van der Waals surface area contributed by atoms with E-state index in [2.05, 4.69) is 0 Å². The summed E-state index contributed by atoms with van der Waals surface area (Å²) in [6.07, 6.45) is 0. The highest BCUT2D eigenvalue weighted by Gasteiger charge is 2.15. The number of rotatable bonds is 4. The normalized spacial score (nSPS) is 10.2. The maximum Gasteiger partial charge on any atom is 0.337 e. The number of carbonyl (C=O) groups is 2. The van der Waals surface area contributed by atoms with E-state index in [1.807, 2.05) is 54.6 Å². The first kappa shape index (κ1) is 17.4. The zero-order chi connectivity index (χ0) is 18.5. The van der Waals surface area contributed by atoms with Crippen LogP contribution in [0.2, 0.25) is 0 Å². The molecule has 0 bridgehead atoms. The van der Waals surface area contributed by atoms with Gasteiger partial charge in [0.05, 0.1) is 25.3 Å².